The zero-order chi connectivity index (χ0) is 12.6. The molecule has 3 rings (SSSR count). The van der Waals surface area contributed by atoms with E-state index in [1.807, 2.05) is 24.3 Å². The number of benzene rings is 1. The second-order valence-corrected chi connectivity index (χ2v) is 6.12. The quantitative estimate of drug-likeness (QED) is 0.843. The molecule has 0 aliphatic carbocycles. The molecule has 0 saturated carbocycles. The van der Waals surface area contributed by atoms with Gasteiger partial charge in [0.05, 0.1) is 5.60 Å². The van der Waals surface area contributed by atoms with Gasteiger partial charge in [0.25, 0.3) is 0 Å². The fourth-order valence-corrected chi connectivity index (χ4v) is 3.64. The fourth-order valence-electron chi connectivity index (χ4n) is 3.45. The molecule has 0 aromatic heterocycles. The number of hydrogen-bond donors (Lipinski definition) is 1. The van der Waals surface area contributed by atoms with Gasteiger partial charge in [-0.1, -0.05) is 30.2 Å². The molecule has 0 radical (unpaired) electrons. The van der Waals surface area contributed by atoms with Crippen LogP contribution in [0.5, 0.6) is 0 Å². The van der Waals surface area contributed by atoms with Crippen molar-refractivity contribution in [3.05, 3.63) is 34.9 Å². The van der Waals surface area contributed by atoms with E-state index in [1.54, 1.807) is 0 Å². The molecule has 3 heteroatoms. The largest absolute Gasteiger partial charge is 0.385 e. The zero-order valence-corrected chi connectivity index (χ0v) is 11.4. The van der Waals surface area contributed by atoms with E-state index in [9.17, 15) is 5.11 Å². The van der Waals surface area contributed by atoms with Crippen LogP contribution in [0.1, 0.15) is 37.7 Å². The minimum Gasteiger partial charge on any atom is -0.385 e. The molecule has 2 heterocycles. The average Bonchev–Trinajstić information content (AvgIpc) is 2.38. The summed E-state index contributed by atoms with van der Waals surface area (Å²) in [5.41, 5.74) is 0.309. The Morgan fingerprint density at radius 1 is 1.28 bits per heavy atom. The van der Waals surface area contributed by atoms with E-state index < -0.39 is 5.60 Å². The van der Waals surface area contributed by atoms with Crippen LogP contribution in [-0.2, 0) is 5.60 Å². The lowest BCUT2D eigenvalue weighted by molar-refractivity contribution is -0.0611. The Morgan fingerprint density at radius 3 is 3.00 bits per heavy atom. The molecule has 0 unspecified atom stereocenters. The van der Waals surface area contributed by atoms with E-state index in [1.165, 1.54) is 25.8 Å². The van der Waals surface area contributed by atoms with Gasteiger partial charge in [-0.05, 0) is 49.9 Å². The molecule has 2 aliphatic rings. The second-order valence-electron chi connectivity index (χ2n) is 5.68. The van der Waals surface area contributed by atoms with Crippen LogP contribution in [0, 0.1) is 0 Å². The molecule has 0 bridgehead atoms. The Morgan fingerprint density at radius 2 is 2.17 bits per heavy atom. The standard InChI is InChI=1S/C15H20ClNO/c16-13-5-3-4-12(10-13)15(18)7-9-17-8-2-1-6-14(17)11-15/h3-5,10,14,18H,1-2,6-9,11H2/t14-,15-/m1/s1. The highest BCUT2D eigenvalue weighted by Gasteiger charge is 2.40. The Labute approximate surface area is 114 Å². The number of fused-ring (bicyclic) bond motifs is 1. The minimum atomic E-state index is -0.677. The highest BCUT2D eigenvalue weighted by Crippen LogP contribution is 2.39. The molecule has 2 aliphatic heterocycles. The van der Waals surface area contributed by atoms with Crippen LogP contribution < -0.4 is 0 Å². The number of hydrogen-bond acceptors (Lipinski definition) is 2. The summed E-state index contributed by atoms with van der Waals surface area (Å²) in [6.45, 7) is 2.21. The maximum absolute atomic E-state index is 10.9. The minimum absolute atomic E-state index is 0.552. The topological polar surface area (TPSA) is 23.5 Å². The van der Waals surface area contributed by atoms with Crippen molar-refractivity contribution in [3.63, 3.8) is 0 Å². The number of rotatable bonds is 1. The van der Waals surface area contributed by atoms with Crippen molar-refractivity contribution in [3.8, 4) is 0 Å². The third-order valence-corrected chi connectivity index (χ3v) is 4.73. The van der Waals surface area contributed by atoms with Gasteiger partial charge < -0.3 is 10.0 Å². The van der Waals surface area contributed by atoms with Gasteiger partial charge in [-0.3, -0.25) is 0 Å². The van der Waals surface area contributed by atoms with Gasteiger partial charge in [0.2, 0.25) is 0 Å². The summed E-state index contributed by atoms with van der Waals surface area (Å²) in [7, 11) is 0. The summed E-state index contributed by atoms with van der Waals surface area (Å²) in [4.78, 5) is 2.54. The van der Waals surface area contributed by atoms with Crippen LogP contribution in [0.3, 0.4) is 0 Å². The highest BCUT2D eigenvalue weighted by atomic mass is 35.5. The van der Waals surface area contributed by atoms with Gasteiger partial charge in [-0.25, -0.2) is 0 Å². The third-order valence-electron chi connectivity index (χ3n) is 4.50. The maximum atomic E-state index is 10.9. The summed E-state index contributed by atoms with van der Waals surface area (Å²) >= 11 is 6.04. The van der Waals surface area contributed by atoms with E-state index in [0.717, 1.165) is 24.9 Å². The van der Waals surface area contributed by atoms with Crippen LogP contribution in [0.4, 0.5) is 0 Å². The van der Waals surface area contributed by atoms with Crippen molar-refractivity contribution >= 4 is 11.6 Å². The lowest BCUT2D eigenvalue weighted by atomic mass is 9.78. The first kappa shape index (κ1) is 12.5. The molecule has 18 heavy (non-hydrogen) atoms. The molecular weight excluding hydrogens is 246 g/mol. The Bertz CT molecular complexity index is 436. The fraction of sp³-hybridized carbons (Fsp3) is 0.600. The highest BCUT2D eigenvalue weighted by molar-refractivity contribution is 6.30. The van der Waals surface area contributed by atoms with Crippen LogP contribution >= 0.6 is 11.6 Å². The van der Waals surface area contributed by atoms with Crippen molar-refractivity contribution in [1.82, 2.24) is 4.90 Å². The normalized spacial score (nSPS) is 33.1. The van der Waals surface area contributed by atoms with Crippen molar-refractivity contribution in [2.45, 2.75) is 43.7 Å². The lowest BCUT2D eigenvalue weighted by Gasteiger charge is -2.46. The molecule has 98 valence electrons. The first-order valence-electron chi connectivity index (χ1n) is 6.90. The number of nitrogens with zero attached hydrogens (tertiary/aromatic N) is 1. The Hall–Kier alpha value is -0.570. The SMILES string of the molecule is O[C@]1(c2cccc(Cl)c2)CCN2CCCC[C@@H]2C1. The Balaban J connectivity index is 1.83. The van der Waals surface area contributed by atoms with Gasteiger partial charge in [0, 0.05) is 17.6 Å². The average molecular weight is 266 g/mol. The predicted molar refractivity (Wildman–Crippen MR) is 73.8 cm³/mol. The van der Waals surface area contributed by atoms with Crippen molar-refractivity contribution in [2.75, 3.05) is 13.1 Å². The van der Waals surface area contributed by atoms with Gasteiger partial charge in [-0.15, -0.1) is 0 Å². The van der Waals surface area contributed by atoms with E-state index in [0.29, 0.717) is 11.1 Å². The molecule has 2 nitrogen and oxygen atoms in total. The summed E-state index contributed by atoms with van der Waals surface area (Å²) in [6.07, 6.45) is 5.51. The van der Waals surface area contributed by atoms with Crippen molar-refractivity contribution < 1.29 is 5.11 Å². The van der Waals surface area contributed by atoms with Crippen molar-refractivity contribution in [2.24, 2.45) is 0 Å². The van der Waals surface area contributed by atoms with E-state index in [4.69, 9.17) is 11.6 Å². The molecule has 1 N–H and O–H groups in total. The maximum Gasteiger partial charge on any atom is 0.0924 e. The van der Waals surface area contributed by atoms with E-state index >= 15 is 0 Å². The molecule has 2 atom stereocenters. The Kier molecular flexibility index (Phi) is 3.35. The predicted octanol–water partition coefficient (Wildman–Crippen LogP) is 3.18. The summed E-state index contributed by atoms with van der Waals surface area (Å²) in [5, 5.41) is 11.6. The first-order chi connectivity index (χ1) is 8.67. The van der Waals surface area contributed by atoms with Gasteiger partial charge >= 0.3 is 0 Å². The summed E-state index contributed by atoms with van der Waals surface area (Å²) in [6, 6.07) is 8.27. The monoisotopic (exact) mass is 265 g/mol. The molecular formula is C15H20ClNO. The number of piperidine rings is 2. The van der Waals surface area contributed by atoms with Crippen LogP contribution in [-0.4, -0.2) is 29.1 Å². The van der Waals surface area contributed by atoms with Crippen molar-refractivity contribution in [1.29, 1.82) is 0 Å². The lowest BCUT2D eigenvalue weighted by Crippen LogP contribution is -2.50. The first-order valence-corrected chi connectivity index (χ1v) is 7.28. The second kappa shape index (κ2) is 4.84. The molecule has 2 saturated heterocycles. The summed E-state index contributed by atoms with van der Waals surface area (Å²) < 4.78 is 0. The molecule has 1 aromatic rings. The van der Waals surface area contributed by atoms with Crippen LogP contribution in [0.15, 0.2) is 24.3 Å². The number of aliphatic hydroxyl groups is 1. The third kappa shape index (κ3) is 2.29. The molecule has 1 aromatic carbocycles. The van der Waals surface area contributed by atoms with E-state index in [2.05, 4.69) is 4.90 Å². The van der Waals surface area contributed by atoms with Gasteiger partial charge in [0.1, 0.15) is 0 Å². The smallest absolute Gasteiger partial charge is 0.0924 e. The van der Waals surface area contributed by atoms with Crippen LogP contribution in [0.25, 0.3) is 0 Å². The summed E-state index contributed by atoms with van der Waals surface area (Å²) in [5.74, 6) is 0. The van der Waals surface area contributed by atoms with Gasteiger partial charge in [0.15, 0.2) is 0 Å². The molecule has 0 amide bonds. The molecule has 0 spiro atoms. The molecule has 2 fully saturated rings. The van der Waals surface area contributed by atoms with E-state index in [-0.39, 0.29) is 0 Å². The van der Waals surface area contributed by atoms with Gasteiger partial charge in [-0.2, -0.15) is 0 Å². The van der Waals surface area contributed by atoms with Crippen LogP contribution in [0.2, 0.25) is 5.02 Å². The number of halogens is 1. The zero-order valence-electron chi connectivity index (χ0n) is 10.6.